The summed E-state index contributed by atoms with van der Waals surface area (Å²) in [6.07, 6.45) is 2.91. The molecule has 4 saturated heterocycles. The quantitative estimate of drug-likeness (QED) is 0.403. The molecule has 0 aliphatic carbocycles. The molecule has 29 heavy (non-hydrogen) atoms. The Morgan fingerprint density at radius 1 is 1.17 bits per heavy atom. The van der Waals surface area contributed by atoms with Crippen LogP contribution in [0.25, 0.3) is 0 Å². The molecule has 7 atom stereocenters. The molecule has 0 saturated carbocycles. The Morgan fingerprint density at radius 2 is 1.97 bits per heavy atom. The van der Waals surface area contributed by atoms with E-state index in [1.165, 1.54) is 0 Å². The van der Waals surface area contributed by atoms with Gasteiger partial charge >= 0.3 is 0 Å². The van der Waals surface area contributed by atoms with E-state index in [1.807, 2.05) is 5.01 Å². The molecule has 0 spiro atoms. The first-order valence-corrected chi connectivity index (χ1v) is 11.3. The molecule has 0 aromatic rings. The maximum atomic E-state index is 13.2. The van der Waals surface area contributed by atoms with E-state index in [-0.39, 0.29) is 41.6 Å². The molecule has 4 rings (SSSR count). The number of rotatable bonds is 4. The molecule has 9 nitrogen and oxygen atoms in total. The van der Waals surface area contributed by atoms with Crippen molar-refractivity contribution in [1.29, 1.82) is 0 Å². The van der Waals surface area contributed by atoms with Crippen LogP contribution >= 0.6 is 11.6 Å². The fourth-order valence-corrected chi connectivity index (χ4v) is 5.37. The molecular weight excluding hydrogens is 394 g/mol. The van der Waals surface area contributed by atoms with Crippen LogP contribution in [0.1, 0.15) is 19.3 Å². The second-order valence-corrected chi connectivity index (χ2v) is 9.77. The molecule has 0 aromatic carbocycles. The fraction of sp³-hybridized carbons (Fsp3) is 0.947. The summed E-state index contributed by atoms with van der Waals surface area (Å²) in [5.74, 6) is -0.388. The zero-order valence-electron chi connectivity index (χ0n) is 17.5. The highest BCUT2D eigenvalue weighted by Crippen LogP contribution is 2.24. The molecule has 0 bridgehead atoms. The van der Waals surface area contributed by atoms with Gasteiger partial charge < -0.3 is 25.6 Å². The first-order chi connectivity index (χ1) is 13.9. The van der Waals surface area contributed by atoms with Gasteiger partial charge in [0.2, 0.25) is 5.91 Å². The third kappa shape index (κ3) is 5.04. The highest BCUT2D eigenvalue weighted by Gasteiger charge is 2.47. The molecule has 4 heterocycles. The van der Waals surface area contributed by atoms with E-state index in [0.29, 0.717) is 13.1 Å². The number of piperidine rings is 2. The molecule has 7 unspecified atom stereocenters. The lowest BCUT2D eigenvalue weighted by molar-refractivity contribution is -0.131. The van der Waals surface area contributed by atoms with Crippen molar-refractivity contribution in [2.75, 3.05) is 53.4 Å². The molecule has 1 amide bonds. The summed E-state index contributed by atoms with van der Waals surface area (Å²) in [6, 6.07) is -0.0286. The summed E-state index contributed by atoms with van der Waals surface area (Å²) in [4.78, 5) is 17.8. The molecule has 5 N–H and O–H groups in total. The number of hydrogen-bond donors (Lipinski definition) is 4. The molecular formula is C19H36ClN7O2. The van der Waals surface area contributed by atoms with Gasteiger partial charge in [-0.25, -0.2) is 10.4 Å². The van der Waals surface area contributed by atoms with Crippen molar-refractivity contribution in [1.82, 2.24) is 30.9 Å². The lowest BCUT2D eigenvalue weighted by atomic mass is 9.97. The minimum absolute atomic E-state index is 0.00570. The van der Waals surface area contributed by atoms with Crippen LogP contribution in [0.3, 0.4) is 0 Å². The number of halogens is 1. The van der Waals surface area contributed by atoms with Gasteiger partial charge in [-0.2, -0.15) is 0 Å². The highest BCUT2D eigenvalue weighted by molar-refractivity contribution is 6.21. The first-order valence-electron chi connectivity index (χ1n) is 10.9. The van der Waals surface area contributed by atoms with Gasteiger partial charge in [0.05, 0.1) is 41.9 Å². The summed E-state index contributed by atoms with van der Waals surface area (Å²) in [5, 5.41) is 8.61. The fourth-order valence-electron chi connectivity index (χ4n) is 5.13. The van der Waals surface area contributed by atoms with E-state index in [4.69, 9.17) is 22.1 Å². The van der Waals surface area contributed by atoms with E-state index in [1.54, 1.807) is 0 Å². The first kappa shape index (κ1) is 21.7. The normalized spacial score (nSPS) is 42.6. The molecule has 10 heteroatoms. The Hall–Kier alpha value is -0.520. The van der Waals surface area contributed by atoms with Crippen molar-refractivity contribution in [3.05, 3.63) is 0 Å². The predicted molar refractivity (Wildman–Crippen MR) is 112 cm³/mol. The lowest BCUT2D eigenvalue weighted by Crippen LogP contribution is -2.61. The van der Waals surface area contributed by atoms with Crippen molar-refractivity contribution < 1.29 is 9.53 Å². The zero-order chi connectivity index (χ0) is 20.5. The standard InChI is InChI=1S/C19H36ClN7O2/c1-25-6-3-4-13(10-25)29-15-5-7-26(2)11-14(15)23-19(28)16-17(21)24-27-9-12(20)8-22-18(16)27/h12-18,22,24H,3-11,21H2,1-2H3,(H,23,28). The number of carbonyl (C=O) groups is 1. The number of alkyl halides is 1. The number of likely N-dealkylation sites (N-methyl/N-ethyl adjacent to an activating group) is 2. The van der Waals surface area contributed by atoms with Gasteiger partial charge in [-0.3, -0.25) is 10.1 Å². The van der Waals surface area contributed by atoms with Crippen molar-refractivity contribution in [3.8, 4) is 0 Å². The summed E-state index contributed by atoms with van der Waals surface area (Å²) < 4.78 is 6.50. The maximum Gasteiger partial charge on any atom is 0.229 e. The van der Waals surface area contributed by atoms with Crippen LogP contribution in [0, 0.1) is 5.92 Å². The average molecular weight is 430 g/mol. The number of likely N-dealkylation sites (tertiary alicyclic amines) is 2. The van der Waals surface area contributed by atoms with Crippen LogP contribution in [-0.4, -0.2) is 110 Å². The van der Waals surface area contributed by atoms with Gasteiger partial charge in [0.1, 0.15) is 0 Å². The Balaban J connectivity index is 1.39. The van der Waals surface area contributed by atoms with Crippen LogP contribution in [0.4, 0.5) is 0 Å². The SMILES string of the molecule is CN1CCCC(OC2CCN(C)CC2NC(=O)C2C(N)NN3CC(Cl)CNC23)C1. The van der Waals surface area contributed by atoms with Crippen molar-refractivity contribution in [2.45, 2.75) is 55.2 Å². The van der Waals surface area contributed by atoms with Crippen molar-refractivity contribution >= 4 is 17.5 Å². The van der Waals surface area contributed by atoms with Gasteiger partial charge in [-0.05, 0) is 39.9 Å². The van der Waals surface area contributed by atoms with Crippen LogP contribution in [-0.2, 0) is 9.53 Å². The van der Waals surface area contributed by atoms with E-state index < -0.39 is 6.17 Å². The number of nitrogens with one attached hydrogen (secondary N) is 3. The van der Waals surface area contributed by atoms with Gasteiger partial charge in [0.15, 0.2) is 0 Å². The molecule has 4 fully saturated rings. The molecule has 166 valence electrons. The van der Waals surface area contributed by atoms with Gasteiger partial charge in [-0.1, -0.05) is 0 Å². The molecule has 0 radical (unpaired) electrons. The van der Waals surface area contributed by atoms with E-state index in [2.05, 4.69) is 40.0 Å². The average Bonchev–Trinajstić information content (AvgIpc) is 2.99. The Bertz CT molecular complexity index is 585. The van der Waals surface area contributed by atoms with Crippen molar-refractivity contribution in [2.24, 2.45) is 11.7 Å². The Kier molecular flexibility index (Phi) is 6.97. The van der Waals surface area contributed by atoms with Crippen LogP contribution in [0.2, 0.25) is 0 Å². The number of nitrogens with two attached hydrogens (primary N) is 1. The Morgan fingerprint density at radius 3 is 2.76 bits per heavy atom. The maximum absolute atomic E-state index is 13.2. The molecule has 0 aromatic heterocycles. The van der Waals surface area contributed by atoms with Gasteiger partial charge in [0, 0.05) is 32.7 Å². The summed E-state index contributed by atoms with van der Waals surface area (Å²) >= 11 is 6.24. The summed E-state index contributed by atoms with van der Waals surface area (Å²) in [6.45, 7) is 5.22. The number of hydrogen-bond acceptors (Lipinski definition) is 8. The topological polar surface area (TPSA) is 98.1 Å². The van der Waals surface area contributed by atoms with E-state index in [0.717, 1.165) is 45.4 Å². The van der Waals surface area contributed by atoms with Crippen LogP contribution < -0.4 is 21.8 Å². The highest BCUT2D eigenvalue weighted by atomic mass is 35.5. The predicted octanol–water partition coefficient (Wildman–Crippen LogP) is -1.46. The number of carbonyl (C=O) groups excluding carboxylic acids is 1. The number of hydrazine groups is 1. The monoisotopic (exact) mass is 429 g/mol. The summed E-state index contributed by atoms with van der Waals surface area (Å²) in [5.41, 5.74) is 9.47. The van der Waals surface area contributed by atoms with Gasteiger partial charge in [0.25, 0.3) is 0 Å². The van der Waals surface area contributed by atoms with Crippen LogP contribution in [0.5, 0.6) is 0 Å². The number of fused-ring (bicyclic) bond motifs is 1. The lowest BCUT2D eigenvalue weighted by Gasteiger charge is -2.41. The van der Waals surface area contributed by atoms with Crippen molar-refractivity contribution in [3.63, 3.8) is 0 Å². The van der Waals surface area contributed by atoms with E-state index >= 15 is 0 Å². The minimum atomic E-state index is -0.429. The van der Waals surface area contributed by atoms with Gasteiger partial charge in [-0.15, -0.1) is 11.6 Å². The third-order valence-corrected chi connectivity index (χ3v) is 6.94. The number of nitrogens with zero attached hydrogens (tertiary/aromatic N) is 3. The summed E-state index contributed by atoms with van der Waals surface area (Å²) in [7, 11) is 4.24. The van der Waals surface area contributed by atoms with Crippen LogP contribution in [0.15, 0.2) is 0 Å². The second-order valence-electron chi connectivity index (χ2n) is 9.15. The second kappa shape index (κ2) is 9.32. The number of amides is 1. The Labute approximate surface area is 178 Å². The third-order valence-electron chi connectivity index (χ3n) is 6.65. The smallest absolute Gasteiger partial charge is 0.229 e. The molecule has 4 aliphatic rings. The zero-order valence-corrected chi connectivity index (χ0v) is 18.3. The largest absolute Gasteiger partial charge is 0.371 e. The van der Waals surface area contributed by atoms with E-state index in [9.17, 15) is 4.79 Å². The number of ether oxygens (including phenoxy) is 1. The molecule has 4 aliphatic heterocycles. The minimum Gasteiger partial charge on any atom is -0.371 e.